The summed E-state index contributed by atoms with van der Waals surface area (Å²) in [6, 6.07) is 3.73. The van der Waals surface area contributed by atoms with Gasteiger partial charge in [-0.2, -0.15) is 5.10 Å². The molecular weight excluding hydrogens is 352 g/mol. The maximum Gasteiger partial charge on any atom is 0.266 e. The smallest absolute Gasteiger partial charge is 0.266 e. The Morgan fingerprint density at radius 2 is 2.00 bits per heavy atom. The molecule has 2 aromatic rings. The lowest BCUT2D eigenvalue weighted by atomic mass is 10.0. The molecule has 1 atom stereocenters. The molecule has 1 aliphatic carbocycles. The summed E-state index contributed by atoms with van der Waals surface area (Å²) in [5.41, 5.74) is 2.52. The fourth-order valence-electron chi connectivity index (χ4n) is 4.43. The second-order valence-corrected chi connectivity index (χ2v) is 7.86. The van der Waals surface area contributed by atoms with E-state index in [1.165, 1.54) is 49.8 Å². The molecule has 0 spiro atoms. The highest BCUT2D eigenvalue weighted by atomic mass is 16.1. The topological polar surface area (TPSA) is 75.9 Å². The highest BCUT2D eigenvalue weighted by Gasteiger charge is 2.23. The Hall–Kier alpha value is -2.28. The molecule has 0 amide bonds. The number of likely N-dealkylation sites (tertiary alicyclic amines) is 1. The van der Waals surface area contributed by atoms with Crippen LogP contribution in [0.15, 0.2) is 29.5 Å². The molecule has 150 valence electrons. The molecule has 1 fully saturated rings. The quantitative estimate of drug-likeness (QED) is 0.773. The maximum absolute atomic E-state index is 11.9. The molecule has 0 saturated carbocycles. The molecule has 2 aliphatic rings. The van der Waals surface area contributed by atoms with E-state index in [9.17, 15) is 4.79 Å². The Balaban J connectivity index is 1.39. The molecule has 28 heavy (non-hydrogen) atoms. The number of hydrogen-bond acceptors (Lipinski definition) is 6. The Kier molecular flexibility index (Phi) is 6.31. The van der Waals surface area contributed by atoms with Gasteiger partial charge in [0, 0.05) is 42.7 Å². The van der Waals surface area contributed by atoms with Crippen molar-refractivity contribution in [2.75, 3.05) is 25.0 Å². The standard InChI is InChI=1S/C21H30N6O/c28-20-10-6-11-25-27(20)14-13-26-12-5-4-7-17(26)15-22-21-18-8-2-1-3-9-19(18)23-16-24-21/h6,10-11,16-17H,1-5,7-9,12-15H2,(H,22,23,24). The van der Waals surface area contributed by atoms with Crippen molar-refractivity contribution in [3.05, 3.63) is 46.3 Å². The lowest BCUT2D eigenvalue weighted by molar-refractivity contribution is 0.148. The molecule has 7 nitrogen and oxygen atoms in total. The summed E-state index contributed by atoms with van der Waals surface area (Å²) in [5, 5.41) is 7.82. The minimum atomic E-state index is -0.0298. The Labute approximate surface area is 166 Å². The average Bonchev–Trinajstić information content (AvgIpc) is 2.98. The van der Waals surface area contributed by atoms with Crippen LogP contribution in [0.5, 0.6) is 0 Å². The Morgan fingerprint density at radius 3 is 2.93 bits per heavy atom. The van der Waals surface area contributed by atoms with Crippen LogP contribution < -0.4 is 10.9 Å². The van der Waals surface area contributed by atoms with Gasteiger partial charge in [0.15, 0.2) is 0 Å². The van der Waals surface area contributed by atoms with Gasteiger partial charge in [-0.3, -0.25) is 9.69 Å². The van der Waals surface area contributed by atoms with E-state index < -0.39 is 0 Å². The lowest BCUT2D eigenvalue weighted by Crippen LogP contribution is -2.45. The third kappa shape index (κ3) is 4.58. The van der Waals surface area contributed by atoms with Crippen LogP contribution in [0.3, 0.4) is 0 Å². The average molecular weight is 383 g/mol. The summed E-state index contributed by atoms with van der Waals surface area (Å²) in [6.07, 6.45) is 12.9. The number of anilines is 1. The third-order valence-electron chi connectivity index (χ3n) is 6.01. The summed E-state index contributed by atoms with van der Waals surface area (Å²) in [5.74, 6) is 1.03. The van der Waals surface area contributed by atoms with Gasteiger partial charge in [-0.15, -0.1) is 0 Å². The molecule has 4 rings (SSSR count). The van der Waals surface area contributed by atoms with Crippen LogP contribution in [-0.4, -0.2) is 50.3 Å². The van der Waals surface area contributed by atoms with Crippen molar-refractivity contribution in [3.8, 4) is 0 Å². The summed E-state index contributed by atoms with van der Waals surface area (Å²) in [6.45, 7) is 3.46. The first-order valence-corrected chi connectivity index (χ1v) is 10.6. The largest absolute Gasteiger partial charge is 0.368 e. The minimum Gasteiger partial charge on any atom is -0.368 e. The molecular formula is C21H30N6O. The number of piperidine rings is 1. The number of rotatable bonds is 6. The predicted octanol–water partition coefficient (Wildman–Crippen LogP) is 2.27. The summed E-state index contributed by atoms with van der Waals surface area (Å²) < 4.78 is 1.56. The predicted molar refractivity (Wildman–Crippen MR) is 109 cm³/mol. The third-order valence-corrected chi connectivity index (χ3v) is 6.01. The first-order chi connectivity index (χ1) is 13.8. The van der Waals surface area contributed by atoms with E-state index in [0.717, 1.165) is 38.3 Å². The molecule has 0 aromatic carbocycles. The molecule has 1 saturated heterocycles. The second-order valence-electron chi connectivity index (χ2n) is 7.86. The van der Waals surface area contributed by atoms with Crippen LogP contribution in [0.1, 0.15) is 49.8 Å². The van der Waals surface area contributed by atoms with Gasteiger partial charge in [0.05, 0.1) is 6.54 Å². The van der Waals surface area contributed by atoms with Crippen LogP contribution in [0.4, 0.5) is 5.82 Å². The van der Waals surface area contributed by atoms with Gasteiger partial charge in [0.1, 0.15) is 12.1 Å². The van der Waals surface area contributed by atoms with Gasteiger partial charge in [0.2, 0.25) is 0 Å². The van der Waals surface area contributed by atoms with E-state index in [-0.39, 0.29) is 5.56 Å². The monoisotopic (exact) mass is 382 g/mol. The van der Waals surface area contributed by atoms with Crippen molar-refractivity contribution in [3.63, 3.8) is 0 Å². The van der Waals surface area contributed by atoms with E-state index in [4.69, 9.17) is 0 Å². The zero-order valence-corrected chi connectivity index (χ0v) is 16.5. The number of nitrogens with zero attached hydrogens (tertiary/aromatic N) is 5. The number of hydrogen-bond donors (Lipinski definition) is 1. The van der Waals surface area contributed by atoms with E-state index in [1.807, 2.05) is 0 Å². The van der Waals surface area contributed by atoms with Crippen LogP contribution in [0.25, 0.3) is 0 Å². The molecule has 1 unspecified atom stereocenters. The minimum absolute atomic E-state index is 0.0298. The van der Waals surface area contributed by atoms with Gasteiger partial charge < -0.3 is 5.32 Å². The van der Waals surface area contributed by atoms with E-state index >= 15 is 0 Å². The van der Waals surface area contributed by atoms with Crippen LogP contribution in [0.2, 0.25) is 0 Å². The van der Waals surface area contributed by atoms with Gasteiger partial charge in [-0.05, 0) is 51.1 Å². The first kappa shape index (κ1) is 19.1. The number of fused-ring (bicyclic) bond motifs is 1. The summed E-state index contributed by atoms with van der Waals surface area (Å²) >= 11 is 0. The highest BCUT2D eigenvalue weighted by Crippen LogP contribution is 2.24. The van der Waals surface area contributed by atoms with Crippen molar-refractivity contribution in [1.29, 1.82) is 0 Å². The molecule has 3 heterocycles. The van der Waals surface area contributed by atoms with Crippen molar-refractivity contribution < 1.29 is 0 Å². The second kappa shape index (κ2) is 9.28. The van der Waals surface area contributed by atoms with Crippen LogP contribution in [0, 0.1) is 0 Å². The first-order valence-electron chi connectivity index (χ1n) is 10.6. The van der Waals surface area contributed by atoms with Crippen LogP contribution in [-0.2, 0) is 19.4 Å². The van der Waals surface area contributed by atoms with Gasteiger partial charge in [-0.25, -0.2) is 14.6 Å². The van der Waals surface area contributed by atoms with E-state index in [2.05, 4.69) is 25.3 Å². The van der Waals surface area contributed by atoms with Crippen molar-refractivity contribution in [1.82, 2.24) is 24.6 Å². The summed E-state index contributed by atoms with van der Waals surface area (Å²) in [4.78, 5) is 23.5. The SMILES string of the molecule is O=c1cccnn1CCN1CCCCC1CNc1ncnc2c1CCCCC2. The molecule has 0 bridgehead atoms. The van der Waals surface area contributed by atoms with Crippen molar-refractivity contribution >= 4 is 5.82 Å². The zero-order chi connectivity index (χ0) is 19.2. The van der Waals surface area contributed by atoms with Crippen LogP contribution >= 0.6 is 0 Å². The van der Waals surface area contributed by atoms with Crippen molar-refractivity contribution in [2.24, 2.45) is 0 Å². The molecule has 0 radical (unpaired) electrons. The maximum atomic E-state index is 11.9. The number of aromatic nitrogens is 4. The van der Waals surface area contributed by atoms with Gasteiger partial charge in [-0.1, -0.05) is 12.8 Å². The van der Waals surface area contributed by atoms with Gasteiger partial charge >= 0.3 is 0 Å². The zero-order valence-electron chi connectivity index (χ0n) is 16.5. The van der Waals surface area contributed by atoms with E-state index in [0.29, 0.717) is 12.6 Å². The normalized spacial score (nSPS) is 20.4. The van der Waals surface area contributed by atoms with Gasteiger partial charge in [0.25, 0.3) is 5.56 Å². The highest BCUT2D eigenvalue weighted by molar-refractivity contribution is 5.46. The Morgan fingerprint density at radius 1 is 1.07 bits per heavy atom. The number of aryl methyl sites for hydroxylation is 1. The molecule has 1 N–H and O–H groups in total. The fraction of sp³-hybridized carbons (Fsp3) is 0.619. The molecule has 7 heteroatoms. The molecule has 1 aliphatic heterocycles. The summed E-state index contributed by atoms with van der Waals surface area (Å²) in [7, 11) is 0. The lowest BCUT2D eigenvalue weighted by Gasteiger charge is -2.36. The Bertz CT molecular complexity index is 836. The molecule has 2 aromatic heterocycles. The van der Waals surface area contributed by atoms with Crippen molar-refractivity contribution in [2.45, 2.75) is 64.0 Å². The van der Waals surface area contributed by atoms with E-state index in [1.54, 1.807) is 29.3 Å². The fourth-order valence-corrected chi connectivity index (χ4v) is 4.43. The number of nitrogens with one attached hydrogen (secondary N) is 1.